The maximum absolute atomic E-state index is 13.3. The summed E-state index contributed by atoms with van der Waals surface area (Å²) in [6.45, 7) is 5.85. The van der Waals surface area contributed by atoms with Gasteiger partial charge in [-0.2, -0.15) is 5.10 Å². The van der Waals surface area contributed by atoms with Gasteiger partial charge in [0.05, 0.1) is 11.8 Å². The Labute approximate surface area is 133 Å². The summed E-state index contributed by atoms with van der Waals surface area (Å²) in [6.07, 6.45) is -0.157. The number of halogens is 2. The highest BCUT2D eigenvalue weighted by Crippen LogP contribution is 2.24. The quantitative estimate of drug-likeness (QED) is 0.729. The van der Waals surface area contributed by atoms with Crippen molar-refractivity contribution < 1.29 is 23.5 Å². The third kappa shape index (κ3) is 5.30. The van der Waals surface area contributed by atoms with Crippen LogP contribution in [0.2, 0.25) is 0 Å². The molecule has 1 aromatic rings. The number of carbonyl (C=O) groups is 2. The minimum Gasteiger partial charge on any atom is -0.480 e. The Balaban J connectivity index is 2.98. The average Bonchev–Trinajstić information content (AvgIpc) is 2.85. The summed E-state index contributed by atoms with van der Waals surface area (Å²) in [7, 11) is 0. The summed E-state index contributed by atoms with van der Waals surface area (Å²) >= 11 is 0. The fourth-order valence-electron chi connectivity index (χ4n) is 2.19. The fraction of sp³-hybridized carbons (Fsp3) is 0.667. The van der Waals surface area contributed by atoms with Crippen LogP contribution in [0.3, 0.4) is 0 Å². The van der Waals surface area contributed by atoms with E-state index in [4.69, 9.17) is 5.11 Å². The number of aromatic nitrogens is 2. The van der Waals surface area contributed by atoms with E-state index < -0.39 is 30.0 Å². The number of hydrogen-bond acceptors (Lipinski definition) is 3. The predicted molar refractivity (Wildman–Crippen MR) is 80.4 cm³/mol. The smallest absolute Gasteiger partial charge is 0.326 e. The molecule has 1 amide bonds. The number of nitrogens with one attached hydrogen (secondary N) is 1. The Morgan fingerprint density at radius 1 is 1.39 bits per heavy atom. The summed E-state index contributed by atoms with van der Waals surface area (Å²) in [4.78, 5) is 23.3. The zero-order valence-electron chi connectivity index (χ0n) is 13.6. The van der Waals surface area contributed by atoms with Crippen molar-refractivity contribution in [2.75, 3.05) is 0 Å². The van der Waals surface area contributed by atoms with Gasteiger partial charge < -0.3 is 10.4 Å². The van der Waals surface area contributed by atoms with E-state index >= 15 is 0 Å². The minimum atomic E-state index is -2.86. The van der Waals surface area contributed by atoms with Crippen molar-refractivity contribution in [1.29, 1.82) is 0 Å². The van der Waals surface area contributed by atoms with Crippen molar-refractivity contribution in [3.63, 3.8) is 0 Å². The lowest BCUT2D eigenvalue weighted by Crippen LogP contribution is -2.41. The molecule has 0 aliphatic heterocycles. The molecule has 0 saturated heterocycles. The van der Waals surface area contributed by atoms with E-state index in [1.54, 1.807) is 0 Å². The molecule has 0 spiro atoms. The van der Waals surface area contributed by atoms with Crippen molar-refractivity contribution in [1.82, 2.24) is 15.1 Å². The second-order valence-electron chi connectivity index (χ2n) is 5.83. The predicted octanol–water partition coefficient (Wildman–Crippen LogP) is 2.85. The molecule has 130 valence electrons. The third-order valence-electron chi connectivity index (χ3n) is 3.32. The molecule has 23 heavy (non-hydrogen) atoms. The first-order chi connectivity index (χ1) is 10.8. The van der Waals surface area contributed by atoms with E-state index in [0.29, 0.717) is 6.42 Å². The van der Waals surface area contributed by atoms with E-state index in [1.807, 2.05) is 20.8 Å². The van der Waals surface area contributed by atoms with Crippen molar-refractivity contribution in [2.45, 2.75) is 59.0 Å². The molecule has 0 aliphatic carbocycles. The van der Waals surface area contributed by atoms with Gasteiger partial charge in [-0.25, -0.2) is 13.6 Å². The number of rotatable bonds is 9. The highest BCUT2D eigenvalue weighted by Gasteiger charge is 2.27. The number of aliphatic carboxylic acids is 1. The molecule has 8 heteroatoms. The molecule has 0 saturated carbocycles. The molecular formula is C15H23F2N3O3. The van der Waals surface area contributed by atoms with Gasteiger partial charge in [-0.3, -0.25) is 9.48 Å². The molecule has 0 aliphatic rings. The van der Waals surface area contributed by atoms with Gasteiger partial charge in [-0.15, -0.1) is 0 Å². The number of nitrogens with zero attached hydrogens (tertiary/aromatic N) is 2. The lowest BCUT2D eigenvalue weighted by atomic mass is 10.1. The second-order valence-corrected chi connectivity index (χ2v) is 5.83. The van der Waals surface area contributed by atoms with Crippen molar-refractivity contribution in [3.05, 3.63) is 17.5 Å². The minimum absolute atomic E-state index is 0.0830. The Morgan fingerprint density at radius 3 is 2.52 bits per heavy atom. The SMILES string of the molecule is CCCCC(NC(=O)c1cnn(CC(C)C)c1C(F)F)C(=O)O. The van der Waals surface area contributed by atoms with Gasteiger partial charge in [0.15, 0.2) is 0 Å². The Morgan fingerprint density at radius 2 is 2.04 bits per heavy atom. The van der Waals surface area contributed by atoms with Crippen LogP contribution in [0, 0.1) is 5.92 Å². The number of alkyl halides is 2. The Hall–Kier alpha value is -1.99. The van der Waals surface area contributed by atoms with Crippen LogP contribution in [-0.4, -0.2) is 32.8 Å². The standard InChI is InChI=1S/C15H23F2N3O3/c1-4-5-6-11(15(22)23)19-14(21)10-7-18-20(8-9(2)3)12(10)13(16)17/h7,9,11,13H,4-6,8H2,1-3H3,(H,19,21)(H,22,23). The molecule has 0 bridgehead atoms. The van der Waals surface area contributed by atoms with E-state index in [2.05, 4.69) is 10.4 Å². The maximum atomic E-state index is 13.3. The summed E-state index contributed by atoms with van der Waals surface area (Å²) in [5, 5.41) is 15.3. The zero-order valence-corrected chi connectivity index (χ0v) is 13.6. The van der Waals surface area contributed by atoms with E-state index in [1.165, 1.54) is 0 Å². The number of amides is 1. The molecule has 1 aromatic heterocycles. The summed E-state index contributed by atoms with van der Waals surface area (Å²) in [5.41, 5.74) is -0.751. The molecule has 2 N–H and O–H groups in total. The first kappa shape index (κ1) is 19.1. The normalized spacial score (nSPS) is 12.7. The maximum Gasteiger partial charge on any atom is 0.326 e. The first-order valence-corrected chi connectivity index (χ1v) is 7.65. The van der Waals surface area contributed by atoms with Gasteiger partial charge in [-0.05, 0) is 12.3 Å². The number of carboxylic acid groups (broad SMARTS) is 1. The third-order valence-corrected chi connectivity index (χ3v) is 3.32. The molecule has 0 fully saturated rings. The highest BCUT2D eigenvalue weighted by atomic mass is 19.3. The number of carbonyl (C=O) groups excluding carboxylic acids is 1. The van der Waals surface area contributed by atoms with Crippen LogP contribution < -0.4 is 5.32 Å². The summed E-state index contributed by atoms with van der Waals surface area (Å²) in [6, 6.07) is -1.10. The van der Waals surface area contributed by atoms with E-state index in [0.717, 1.165) is 17.3 Å². The largest absolute Gasteiger partial charge is 0.480 e. The fourth-order valence-corrected chi connectivity index (χ4v) is 2.19. The number of carboxylic acids is 1. The van der Waals surface area contributed by atoms with Crippen LogP contribution in [-0.2, 0) is 11.3 Å². The van der Waals surface area contributed by atoms with E-state index in [-0.39, 0.29) is 24.4 Å². The van der Waals surface area contributed by atoms with Crippen LogP contribution in [0.15, 0.2) is 6.20 Å². The molecule has 1 unspecified atom stereocenters. The van der Waals surface area contributed by atoms with Crippen molar-refractivity contribution in [2.24, 2.45) is 5.92 Å². The van der Waals surface area contributed by atoms with Crippen LogP contribution >= 0.6 is 0 Å². The van der Waals surface area contributed by atoms with Gasteiger partial charge in [-0.1, -0.05) is 33.6 Å². The summed E-state index contributed by atoms with van der Waals surface area (Å²) in [5.74, 6) is -1.93. The van der Waals surface area contributed by atoms with E-state index in [9.17, 15) is 18.4 Å². The van der Waals surface area contributed by atoms with Gasteiger partial charge in [0.25, 0.3) is 12.3 Å². The van der Waals surface area contributed by atoms with Crippen LogP contribution in [0.4, 0.5) is 8.78 Å². The Bertz CT molecular complexity index is 544. The monoisotopic (exact) mass is 331 g/mol. The van der Waals surface area contributed by atoms with Gasteiger partial charge in [0, 0.05) is 6.54 Å². The highest BCUT2D eigenvalue weighted by molar-refractivity contribution is 5.97. The molecule has 6 nitrogen and oxygen atoms in total. The van der Waals surface area contributed by atoms with Crippen molar-refractivity contribution >= 4 is 11.9 Å². The zero-order chi connectivity index (χ0) is 17.6. The van der Waals surface area contributed by atoms with Gasteiger partial charge in [0.2, 0.25) is 0 Å². The Kier molecular flexibility index (Phi) is 7.12. The number of unbranched alkanes of at least 4 members (excludes halogenated alkanes) is 1. The topological polar surface area (TPSA) is 84.2 Å². The molecule has 1 rings (SSSR count). The van der Waals surface area contributed by atoms with Gasteiger partial charge >= 0.3 is 5.97 Å². The first-order valence-electron chi connectivity index (χ1n) is 7.65. The molecule has 0 aromatic carbocycles. The average molecular weight is 331 g/mol. The summed E-state index contributed by atoms with van der Waals surface area (Å²) < 4.78 is 27.7. The second kappa shape index (κ2) is 8.59. The van der Waals surface area contributed by atoms with Crippen LogP contribution in [0.1, 0.15) is 62.5 Å². The molecule has 1 atom stereocenters. The number of hydrogen-bond donors (Lipinski definition) is 2. The van der Waals surface area contributed by atoms with Crippen LogP contribution in [0.25, 0.3) is 0 Å². The lowest BCUT2D eigenvalue weighted by Gasteiger charge is -2.15. The van der Waals surface area contributed by atoms with Crippen molar-refractivity contribution in [3.8, 4) is 0 Å². The molecular weight excluding hydrogens is 308 g/mol. The molecule has 0 radical (unpaired) electrons. The van der Waals surface area contributed by atoms with Gasteiger partial charge in [0.1, 0.15) is 11.7 Å². The molecule has 1 heterocycles. The van der Waals surface area contributed by atoms with Crippen LogP contribution in [0.5, 0.6) is 0 Å². The lowest BCUT2D eigenvalue weighted by molar-refractivity contribution is -0.139.